The first-order valence-corrected chi connectivity index (χ1v) is 10.6. The Labute approximate surface area is 160 Å². The number of carbonyl (C=O) groups excluding carboxylic acids is 1. The maximum Gasteiger partial charge on any atom is 0.245 e. The molecule has 146 valence electrons. The lowest BCUT2D eigenvalue weighted by Crippen LogP contribution is -2.55. The summed E-state index contributed by atoms with van der Waals surface area (Å²) in [4.78, 5) is 18.6. The third kappa shape index (κ3) is 3.83. The maximum atomic E-state index is 13.2. The van der Waals surface area contributed by atoms with Gasteiger partial charge in [0.15, 0.2) is 0 Å². The molecule has 1 aliphatic heterocycles. The van der Waals surface area contributed by atoms with Gasteiger partial charge in [0.1, 0.15) is 4.90 Å². The van der Waals surface area contributed by atoms with E-state index in [4.69, 9.17) is 5.73 Å². The molecule has 7 nitrogen and oxygen atoms in total. The Hall–Kier alpha value is -2.03. The third-order valence-electron chi connectivity index (χ3n) is 4.98. The first kappa shape index (κ1) is 19.7. The normalized spacial score (nSPS) is 17.4. The molecule has 2 heterocycles. The lowest BCUT2D eigenvalue weighted by molar-refractivity contribution is -0.134. The molecule has 1 fully saturated rings. The summed E-state index contributed by atoms with van der Waals surface area (Å²) >= 11 is 0. The first-order valence-electron chi connectivity index (χ1n) is 9.11. The van der Waals surface area contributed by atoms with Gasteiger partial charge in [-0.05, 0) is 30.5 Å². The summed E-state index contributed by atoms with van der Waals surface area (Å²) in [6.45, 7) is 6.91. The molecule has 0 unspecified atom stereocenters. The van der Waals surface area contributed by atoms with E-state index >= 15 is 0 Å². The van der Waals surface area contributed by atoms with Crippen molar-refractivity contribution in [2.24, 2.45) is 11.7 Å². The molecule has 1 aromatic heterocycles. The largest absolute Gasteiger partial charge is 0.339 e. The van der Waals surface area contributed by atoms with Crippen molar-refractivity contribution in [3.8, 4) is 0 Å². The molecule has 0 saturated carbocycles. The Kier molecular flexibility index (Phi) is 5.50. The van der Waals surface area contributed by atoms with Gasteiger partial charge in [-0.1, -0.05) is 26.0 Å². The number of aromatic nitrogens is 1. The second kappa shape index (κ2) is 7.53. The Bertz CT molecular complexity index is 951. The summed E-state index contributed by atoms with van der Waals surface area (Å²) in [5.41, 5.74) is 7.40. The zero-order valence-corrected chi connectivity index (χ0v) is 16.7. The fourth-order valence-corrected chi connectivity index (χ4v) is 4.82. The van der Waals surface area contributed by atoms with Crippen LogP contribution in [0.5, 0.6) is 0 Å². The Morgan fingerprint density at radius 1 is 1.19 bits per heavy atom. The molecule has 27 heavy (non-hydrogen) atoms. The minimum atomic E-state index is -3.69. The molecule has 1 atom stereocenters. The zero-order chi connectivity index (χ0) is 19.8. The summed E-state index contributed by atoms with van der Waals surface area (Å²) < 4.78 is 27.7. The number of para-hydroxylation sites is 1. The van der Waals surface area contributed by atoms with E-state index < -0.39 is 16.1 Å². The van der Waals surface area contributed by atoms with Crippen molar-refractivity contribution in [2.45, 2.75) is 31.7 Å². The molecule has 2 N–H and O–H groups in total. The van der Waals surface area contributed by atoms with Crippen LogP contribution in [0.25, 0.3) is 10.9 Å². The summed E-state index contributed by atoms with van der Waals surface area (Å²) in [5.74, 6) is -0.0752. The molecule has 1 saturated heterocycles. The monoisotopic (exact) mass is 390 g/mol. The summed E-state index contributed by atoms with van der Waals surface area (Å²) in [7, 11) is -3.69. The highest BCUT2D eigenvalue weighted by atomic mass is 32.2. The zero-order valence-electron chi connectivity index (χ0n) is 15.9. The SMILES string of the molecule is Cc1cnc2c(S(=O)(=O)N3CCN(C(=O)[C@@H](N)C(C)C)CC3)cccc2c1. The minimum Gasteiger partial charge on any atom is -0.339 e. The van der Waals surface area contributed by atoms with Crippen molar-refractivity contribution in [3.05, 3.63) is 36.0 Å². The van der Waals surface area contributed by atoms with Gasteiger partial charge in [-0.15, -0.1) is 0 Å². The van der Waals surface area contributed by atoms with Crippen LogP contribution in [-0.2, 0) is 14.8 Å². The van der Waals surface area contributed by atoms with Crippen LogP contribution in [0.1, 0.15) is 19.4 Å². The highest BCUT2D eigenvalue weighted by Crippen LogP contribution is 2.25. The molecule has 1 aromatic carbocycles. The van der Waals surface area contributed by atoms with Crippen LogP contribution in [0.15, 0.2) is 35.4 Å². The number of aryl methyl sites for hydroxylation is 1. The van der Waals surface area contributed by atoms with Crippen molar-refractivity contribution in [1.82, 2.24) is 14.2 Å². The molecule has 1 amide bonds. The van der Waals surface area contributed by atoms with Crippen LogP contribution >= 0.6 is 0 Å². The number of pyridine rings is 1. The van der Waals surface area contributed by atoms with Gasteiger partial charge in [-0.3, -0.25) is 9.78 Å². The lowest BCUT2D eigenvalue weighted by atomic mass is 10.0. The number of nitrogens with two attached hydrogens (primary N) is 1. The molecule has 0 spiro atoms. The number of piperazine rings is 1. The van der Waals surface area contributed by atoms with Gasteiger partial charge < -0.3 is 10.6 Å². The van der Waals surface area contributed by atoms with E-state index in [9.17, 15) is 13.2 Å². The standard InChI is InChI=1S/C19H26N4O3S/c1-13(2)17(20)19(24)22-7-9-23(10-8-22)27(25,26)16-6-4-5-15-11-14(3)12-21-18(15)16/h4-6,11-13,17H,7-10,20H2,1-3H3/t17-/m0/s1. The molecule has 3 rings (SSSR count). The fraction of sp³-hybridized carbons (Fsp3) is 0.474. The number of fused-ring (bicyclic) bond motifs is 1. The topological polar surface area (TPSA) is 96.6 Å². The maximum absolute atomic E-state index is 13.2. The molecule has 2 aromatic rings. The van der Waals surface area contributed by atoms with Crippen LogP contribution in [0, 0.1) is 12.8 Å². The lowest BCUT2D eigenvalue weighted by Gasteiger charge is -2.35. The van der Waals surface area contributed by atoms with Crippen LogP contribution in [0.3, 0.4) is 0 Å². The van der Waals surface area contributed by atoms with E-state index in [1.807, 2.05) is 32.9 Å². The fourth-order valence-electron chi connectivity index (χ4n) is 3.23. The van der Waals surface area contributed by atoms with Crippen LogP contribution in [0.4, 0.5) is 0 Å². The first-order chi connectivity index (χ1) is 12.7. The Morgan fingerprint density at radius 3 is 2.48 bits per heavy atom. The third-order valence-corrected chi connectivity index (χ3v) is 6.91. The van der Waals surface area contributed by atoms with E-state index in [0.717, 1.165) is 10.9 Å². The number of carbonyl (C=O) groups is 1. The molecule has 1 aliphatic rings. The molecular weight excluding hydrogens is 364 g/mol. The molecule has 0 bridgehead atoms. The minimum absolute atomic E-state index is 0.0458. The van der Waals surface area contributed by atoms with Gasteiger partial charge in [0.2, 0.25) is 15.9 Å². The van der Waals surface area contributed by atoms with Crippen LogP contribution < -0.4 is 5.73 Å². The number of rotatable bonds is 4. The van der Waals surface area contributed by atoms with E-state index in [0.29, 0.717) is 18.6 Å². The molecular formula is C19H26N4O3S. The predicted molar refractivity (Wildman–Crippen MR) is 105 cm³/mol. The van der Waals surface area contributed by atoms with E-state index in [2.05, 4.69) is 4.98 Å². The summed E-state index contributed by atoms with van der Waals surface area (Å²) in [6.07, 6.45) is 1.67. The van der Waals surface area contributed by atoms with Crippen LogP contribution in [-0.4, -0.2) is 60.7 Å². The van der Waals surface area contributed by atoms with Gasteiger partial charge in [0.25, 0.3) is 0 Å². The van der Waals surface area contributed by atoms with Gasteiger partial charge in [0.05, 0.1) is 11.6 Å². The van der Waals surface area contributed by atoms with E-state index in [1.165, 1.54) is 4.31 Å². The number of sulfonamides is 1. The Balaban J connectivity index is 1.81. The van der Waals surface area contributed by atoms with E-state index in [1.54, 1.807) is 23.2 Å². The number of benzene rings is 1. The number of amides is 1. The van der Waals surface area contributed by atoms with E-state index in [-0.39, 0.29) is 29.8 Å². The number of hydrogen-bond donors (Lipinski definition) is 1. The second-order valence-corrected chi connectivity index (χ2v) is 9.25. The smallest absolute Gasteiger partial charge is 0.245 e. The molecule has 0 radical (unpaired) electrons. The summed E-state index contributed by atoms with van der Waals surface area (Å²) in [5, 5.41) is 0.799. The van der Waals surface area contributed by atoms with Crippen molar-refractivity contribution in [3.63, 3.8) is 0 Å². The van der Waals surface area contributed by atoms with Crippen molar-refractivity contribution < 1.29 is 13.2 Å². The second-order valence-electron chi connectivity index (χ2n) is 7.34. The van der Waals surface area contributed by atoms with Gasteiger partial charge >= 0.3 is 0 Å². The van der Waals surface area contributed by atoms with Gasteiger partial charge in [-0.25, -0.2) is 8.42 Å². The molecule has 0 aliphatic carbocycles. The highest BCUT2D eigenvalue weighted by Gasteiger charge is 2.33. The number of nitrogens with zero attached hydrogens (tertiary/aromatic N) is 3. The average Bonchev–Trinajstić information content (AvgIpc) is 2.66. The van der Waals surface area contributed by atoms with Crippen molar-refractivity contribution >= 4 is 26.8 Å². The number of hydrogen-bond acceptors (Lipinski definition) is 5. The Morgan fingerprint density at radius 2 is 1.85 bits per heavy atom. The average molecular weight is 391 g/mol. The summed E-state index contributed by atoms with van der Waals surface area (Å²) in [6, 6.07) is 6.55. The van der Waals surface area contributed by atoms with Gasteiger partial charge in [-0.2, -0.15) is 4.31 Å². The quantitative estimate of drug-likeness (QED) is 0.850. The van der Waals surface area contributed by atoms with Crippen molar-refractivity contribution in [1.29, 1.82) is 0 Å². The predicted octanol–water partition coefficient (Wildman–Crippen LogP) is 1.36. The van der Waals surface area contributed by atoms with Gasteiger partial charge in [0, 0.05) is 37.8 Å². The van der Waals surface area contributed by atoms with Crippen molar-refractivity contribution in [2.75, 3.05) is 26.2 Å². The highest BCUT2D eigenvalue weighted by molar-refractivity contribution is 7.89. The van der Waals surface area contributed by atoms with Crippen LogP contribution in [0.2, 0.25) is 0 Å². The molecule has 8 heteroatoms.